The summed E-state index contributed by atoms with van der Waals surface area (Å²) >= 11 is 13.7. The third-order valence-electron chi connectivity index (χ3n) is 13.7. The standard InChI is InChI=1S/C53H36Cl2N14O26S8/c54-48-60-50(64-52(62-48)58-34-19-26(96-92-88-72)15-23-18-39(102(82,83)84)43(45(71)40(23)34)69-66-32-12-11-29-30(46(32)99-95-91-75)6-3-9-38(29)101(79,80)81)56-21-22-4-1-5-25(14-22)57-51-61-49(55)63-53(65-51)59-35-20-27(100(76,77)78)16-24-17-37(98-94-90-74)42(44(70)41(24)35)68-67-33-13-10-28-31(47(33)103(85,86)87)7-2-8-36(28)97-93-89-73/h1-20,70-75H,21H2,(H,76,77,78)(H,79,80,81)(H,82,83,84)(H,85,86,87)(H2,56,58,60,62,64)(H2,57,59,61,63,65)/p-8. The number of aromatic hydroxyl groups is 2. The quantitative estimate of drug-likeness (QED) is 0.00863. The van der Waals surface area contributed by atoms with Gasteiger partial charge in [0.1, 0.15) is 63.2 Å². The van der Waals surface area contributed by atoms with Crippen LogP contribution in [0.15, 0.2) is 181 Å². The van der Waals surface area contributed by atoms with E-state index in [4.69, 9.17) is 23.2 Å². The third kappa shape index (κ3) is 17.5. The van der Waals surface area contributed by atoms with Gasteiger partial charge in [-0.25, -0.2) is 33.7 Å². The molecule has 0 saturated heterocycles. The Labute approximate surface area is 601 Å². The summed E-state index contributed by atoms with van der Waals surface area (Å²) in [5, 5.41) is 106. The summed E-state index contributed by atoms with van der Waals surface area (Å²) in [5.41, 5.74) is -2.43. The number of nitrogens with one attached hydrogen (secondary N) is 4. The van der Waals surface area contributed by atoms with Gasteiger partial charge in [-0.2, -0.15) is 47.2 Å². The molecule has 0 saturated carbocycles. The van der Waals surface area contributed by atoms with Crippen molar-refractivity contribution in [1.82, 2.24) is 29.9 Å². The molecule has 11 aromatic rings. The minimum atomic E-state index is -5.58. The fourth-order valence-electron chi connectivity index (χ4n) is 9.80. The molecule has 536 valence electrons. The zero-order valence-corrected chi connectivity index (χ0v) is 57.5. The van der Waals surface area contributed by atoms with Gasteiger partial charge in [0.05, 0.1) is 88.9 Å². The van der Waals surface area contributed by atoms with Gasteiger partial charge in [-0.05, 0) is 118 Å². The van der Waals surface area contributed by atoms with Crippen LogP contribution in [-0.2, 0) is 84.5 Å². The van der Waals surface area contributed by atoms with Crippen molar-refractivity contribution in [3.8, 4) is 11.5 Å². The average molecular weight is 1600 g/mol. The van der Waals surface area contributed by atoms with Crippen LogP contribution in [-0.4, -0.2) is 92.0 Å². The second-order valence-electron chi connectivity index (χ2n) is 19.8. The van der Waals surface area contributed by atoms with Gasteiger partial charge in [-0.1, -0.05) is 48.5 Å². The Hall–Kier alpha value is -8.82. The van der Waals surface area contributed by atoms with E-state index >= 15 is 0 Å². The lowest BCUT2D eigenvalue weighted by Gasteiger charge is -2.18. The molecule has 6 N–H and O–H groups in total. The molecule has 0 amide bonds. The molecule has 11 rings (SSSR count). The van der Waals surface area contributed by atoms with Crippen LogP contribution in [0.3, 0.4) is 0 Å². The summed E-state index contributed by atoms with van der Waals surface area (Å²) in [7, 11) is -21.4. The number of azo groups is 2. The van der Waals surface area contributed by atoms with Crippen LogP contribution in [0.2, 0.25) is 10.6 Å². The molecule has 2 aromatic heterocycles. The molecule has 0 aliphatic heterocycles. The first-order chi connectivity index (χ1) is 49.0. The van der Waals surface area contributed by atoms with Gasteiger partial charge in [0.2, 0.25) is 34.4 Å². The van der Waals surface area contributed by atoms with E-state index in [1.54, 1.807) is 24.3 Å². The molecule has 2 heterocycles. The molecule has 9 aromatic carbocycles. The lowest BCUT2D eigenvalue weighted by molar-refractivity contribution is -0.777. The van der Waals surface area contributed by atoms with E-state index in [1.165, 1.54) is 42.5 Å². The van der Waals surface area contributed by atoms with Crippen molar-refractivity contribution in [1.29, 1.82) is 0 Å². The number of benzene rings is 9. The predicted octanol–water partition coefficient (Wildman–Crippen LogP) is 7.60. The molecule has 0 aliphatic carbocycles. The molecule has 0 spiro atoms. The molecule has 0 aliphatic rings. The number of fused-ring (bicyclic) bond motifs is 4. The lowest BCUT2D eigenvalue weighted by atomic mass is 10.1. The maximum absolute atomic E-state index is 12.9. The highest BCUT2D eigenvalue weighted by molar-refractivity contribution is 7.95. The third-order valence-corrected chi connectivity index (χ3v) is 20.1. The van der Waals surface area contributed by atoms with Gasteiger partial charge < -0.3 is 70.7 Å². The second-order valence-corrected chi connectivity index (χ2v) is 28.9. The molecule has 40 nitrogen and oxygen atoms in total. The van der Waals surface area contributed by atoms with E-state index < -0.39 is 111 Å². The van der Waals surface area contributed by atoms with Gasteiger partial charge in [0, 0.05) is 49.0 Å². The van der Waals surface area contributed by atoms with Crippen LogP contribution in [0.4, 0.5) is 63.6 Å². The van der Waals surface area contributed by atoms with Gasteiger partial charge in [0.15, 0.2) is 11.5 Å². The number of phenolic OH excluding ortho intramolecular Hbond substituents is 2. The largest absolute Gasteiger partial charge is 0.744 e. The number of nitrogens with zero attached hydrogens (tertiary/aromatic N) is 10. The highest BCUT2D eigenvalue weighted by Crippen LogP contribution is 2.50. The maximum atomic E-state index is 12.9. The van der Waals surface area contributed by atoms with Crippen molar-refractivity contribution >= 4 is 219 Å². The molecule has 103 heavy (non-hydrogen) atoms. The van der Waals surface area contributed by atoms with Crippen LogP contribution in [0.5, 0.6) is 11.5 Å². The molecule has 50 heteroatoms. The number of hydrogen-bond donors (Lipinski definition) is 6. The summed E-state index contributed by atoms with van der Waals surface area (Å²) in [6, 6.07) is 24.1. The number of hydrogen-bond acceptors (Lipinski definition) is 44. The van der Waals surface area contributed by atoms with E-state index in [1.807, 2.05) is 0 Å². The van der Waals surface area contributed by atoms with Gasteiger partial charge in [-0.15, -0.1) is 20.5 Å². The Morgan fingerprint density at radius 2 is 1.00 bits per heavy atom. The number of rotatable bonds is 29. The Kier molecular flexibility index (Phi) is 23.1. The van der Waals surface area contributed by atoms with E-state index in [-0.39, 0.29) is 128 Å². The highest BCUT2D eigenvalue weighted by Gasteiger charge is 2.26. The predicted molar refractivity (Wildman–Crippen MR) is 345 cm³/mol. The Morgan fingerprint density at radius 3 is 1.66 bits per heavy atom. The van der Waals surface area contributed by atoms with Crippen molar-refractivity contribution in [2.75, 3.05) is 21.3 Å². The van der Waals surface area contributed by atoms with Crippen molar-refractivity contribution in [2.45, 2.75) is 45.7 Å². The van der Waals surface area contributed by atoms with Gasteiger partial charge >= 0.3 is 0 Å². The second kappa shape index (κ2) is 31.6. The fraction of sp³-hybridized carbons (Fsp3) is 0.0189. The first-order valence-electron chi connectivity index (χ1n) is 27.0. The van der Waals surface area contributed by atoms with E-state index in [0.717, 1.165) is 54.6 Å². The molecular weight excluding hydrogens is 1580 g/mol. The van der Waals surface area contributed by atoms with Crippen LogP contribution in [0.25, 0.3) is 43.1 Å². The summed E-state index contributed by atoms with van der Waals surface area (Å²) in [4.78, 5) is 20.8. The van der Waals surface area contributed by atoms with Crippen LogP contribution < -0.4 is 42.3 Å². The normalized spacial score (nSPS) is 12.4. The molecule has 0 bridgehead atoms. The average Bonchev–Trinajstić information content (AvgIpc) is 0.765. The minimum absolute atomic E-state index is 0.0342. The monoisotopic (exact) mass is 1600 g/mol. The summed E-state index contributed by atoms with van der Waals surface area (Å²) in [6.07, 6.45) is 0. The van der Waals surface area contributed by atoms with Crippen LogP contribution in [0, 0.1) is 0 Å². The molecule has 0 radical (unpaired) electrons. The summed E-state index contributed by atoms with van der Waals surface area (Å²) in [6.45, 7) is -0.0966. The Balaban J connectivity index is 0.876. The zero-order valence-electron chi connectivity index (χ0n) is 49.4. The van der Waals surface area contributed by atoms with Gasteiger partial charge in [0.25, 0.3) is 0 Å². The van der Waals surface area contributed by atoms with E-state index in [9.17, 15) is 83.1 Å². The number of phenols is 2. The van der Waals surface area contributed by atoms with E-state index in [0.29, 0.717) is 29.6 Å². The Bertz CT molecular complexity index is 5760. The fourth-order valence-corrected chi connectivity index (χ4v) is 14.8. The SMILES string of the molecule is O=S(=O)([O-])c1cc(Nc2nc(Cl)nc(Nc3cccc(CNc4nc(Cl)nc(Nc5cc(SOO[O-])cc6cc(S(=O)(=O)[O-])c(N=Nc7ccc8c(S(=O)(=O)[O-])cccc8c7SOO[O-])c(O)c56)n4)c3)n2)c2c(O)c(N=Nc3ccc4c(SOO[O-])cccc4c3S(=O)(=O)[O-])c(SOO[O-])cc2c1. The topological polar surface area (TPSA) is 610 Å². The smallest absolute Gasteiger partial charge is 0.233 e. The molecule has 0 unspecified atom stereocenters. The number of anilines is 7. The van der Waals surface area contributed by atoms with Crippen LogP contribution in [0.1, 0.15) is 5.56 Å². The number of aromatic nitrogens is 6. The van der Waals surface area contributed by atoms with Crippen LogP contribution >= 0.6 is 71.4 Å². The minimum Gasteiger partial charge on any atom is -0.744 e. The van der Waals surface area contributed by atoms with Crippen molar-refractivity contribution < 1.29 is 121 Å². The van der Waals surface area contributed by atoms with Crippen molar-refractivity contribution in [2.24, 2.45) is 20.5 Å². The van der Waals surface area contributed by atoms with E-state index in [2.05, 4.69) is 109 Å². The zero-order chi connectivity index (χ0) is 73.7. The number of halogens is 2. The maximum Gasteiger partial charge on any atom is 0.233 e. The Morgan fingerprint density at radius 1 is 0.456 bits per heavy atom. The summed E-state index contributed by atoms with van der Waals surface area (Å²) in [5.74, 6) is -3.28. The first kappa shape index (κ1) is 75.3. The van der Waals surface area contributed by atoms with Crippen molar-refractivity contribution in [3.05, 3.63) is 137 Å². The molecular formula is C53H28Cl2N14O26S8-8. The van der Waals surface area contributed by atoms with Gasteiger partial charge in [-0.3, -0.25) is 20.2 Å². The lowest BCUT2D eigenvalue weighted by Crippen LogP contribution is -2.08. The summed E-state index contributed by atoms with van der Waals surface area (Å²) < 4.78 is 169. The highest BCUT2D eigenvalue weighted by atomic mass is 35.5. The first-order valence-corrected chi connectivity index (χ1v) is 36.3. The van der Waals surface area contributed by atoms with Crippen molar-refractivity contribution in [3.63, 3.8) is 0 Å². The molecule has 0 fully saturated rings. The molecule has 0 atom stereocenters.